The Bertz CT molecular complexity index is 481. The average Bonchev–Trinajstić information content (AvgIpc) is 2.67. The summed E-state index contributed by atoms with van der Waals surface area (Å²) in [7, 11) is 0. The molecule has 2 heterocycles. The molecule has 18 heavy (non-hydrogen) atoms. The first-order valence-electron chi connectivity index (χ1n) is 6.05. The van der Waals surface area contributed by atoms with Gasteiger partial charge in [0.25, 0.3) is 0 Å². The molecular formula is C12H18N2O4. The molecule has 1 saturated heterocycles. The van der Waals surface area contributed by atoms with Crippen molar-refractivity contribution in [2.75, 3.05) is 6.61 Å². The SMILES string of the molecule is CC[C@]1(CO)O[C@@H](n2ccc(C)nc2=O)C[C@@H]1O. The molecule has 0 bridgehead atoms. The third kappa shape index (κ3) is 2.07. The summed E-state index contributed by atoms with van der Waals surface area (Å²) in [6.07, 6.45) is 0.998. The number of ether oxygens (including phenoxy) is 1. The van der Waals surface area contributed by atoms with E-state index in [0.717, 1.165) is 0 Å². The number of aromatic nitrogens is 2. The predicted molar refractivity (Wildman–Crippen MR) is 64.1 cm³/mol. The van der Waals surface area contributed by atoms with Crippen LogP contribution in [0.5, 0.6) is 0 Å². The van der Waals surface area contributed by atoms with Gasteiger partial charge in [0.1, 0.15) is 11.8 Å². The summed E-state index contributed by atoms with van der Waals surface area (Å²) in [4.78, 5) is 15.6. The molecule has 6 heteroatoms. The van der Waals surface area contributed by atoms with Gasteiger partial charge >= 0.3 is 5.69 Å². The van der Waals surface area contributed by atoms with Crippen LogP contribution in [-0.4, -0.2) is 38.1 Å². The second kappa shape index (κ2) is 4.79. The van der Waals surface area contributed by atoms with Crippen LogP contribution < -0.4 is 5.69 Å². The molecule has 0 radical (unpaired) electrons. The fourth-order valence-corrected chi connectivity index (χ4v) is 2.26. The van der Waals surface area contributed by atoms with Crippen molar-refractivity contribution < 1.29 is 14.9 Å². The van der Waals surface area contributed by atoms with Crippen LogP contribution in [0.1, 0.15) is 31.7 Å². The molecule has 100 valence electrons. The largest absolute Gasteiger partial charge is 0.393 e. The Labute approximate surface area is 105 Å². The molecule has 0 saturated carbocycles. The Morgan fingerprint density at radius 1 is 1.67 bits per heavy atom. The maximum Gasteiger partial charge on any atom is 0.349 e. The first-order chi connectivity index (χ1) is 8.52. The van der Waals surface area contributed by atoms with Gasteiger partial charge in [-0.2, -0.15) is 4.98 Å². The molecule has 6 nitrogen and oxygen atoms in total. The molecule has 3 atom stereocenters. The van der Waals surface area contributed by atoms with E-state index >= 15 is 0 Å². The summed E-state index contributed by atoms with van der Waals surface area (Å²) in [6.45, 7) is 3.30. The molecule has 0 aromatic carbocycles. The highest BCUT2D eigenvalue weighted by molar-refractivity contribution is 4.99. The molecule has 0 amide bonds. The molecule has 1 aliphatic heterocycles. The first kappa shape index (κ1) is 13.2. The van der Waals surface area contributed by atoms with Gasteiger partial charge in [-0.1, -0.05) is 6.92 Å². The van der Waals surface area contributed by atoms with Crippen molar-refractivity contribution in [3.8, 4) is 0 Å². The standard InChI is InChI=1S/C12H18N2O4/c1-3-12(7-15)9(16)6-10(18-12)14-5-4-8(2)13-11(14)17/h4-5,9-10,15-16H,3,6-7H2,1-2H3/t9-,10+,12+/m0/s1. The van der Waals surface area contributed by atoms with E-state index in [1.807, 2.05) is 6.92 Å². The van der Waals surface area contributed by atoms with E-state index in [-0.39, 0.29) is 13.0 Å². The van der Waals surface area contributed by atoms with E-state index in [0.29, 0.717) is 12.1 Å². The van der Waals surface area contributed by atoms with Crippen LogP contribution in [0.25, 0.3) is 0 Å². The molecule has 1 aromatic rings. The molecule has 0 spiro atoms. The molecule has 0 unspecified atom stereocenters. The molecule has 1 aromatic heterocycles. The lowest BCUT2D eigenvalue weighted by molar-refractivity contribution is -0.130. The number of aryl methyl sites for hydroxylation is 1. The second-order valence-corrected chi connectivity index (χ2v) is 4.66. The van der Waals surface area contributed by atoms with Crippen molar-refractivity contribution >= 4 is 0 Å². The highest BCUT2D eigenvalue weighted by Gasteiger charge is 2.47. The molecule has 1 aliphatic rings. The molecule has 2 rings (SSSR count). The summed E-state index contributed by atoms with van der Waals surface area (Å²) in [5.41, 5.74) is -0.745. The van der Waals surface area contributed by atoms with Crippen LogP contribution in [0.15, 0.2) is 17.1 Å². The van der Waals surface area contributed by atoms with Gasteiger partial charge in [-0.25, -0.2) is 4.79 Å². The zero-order chi connectivity index (χ0) is 13.3. The zero-order valence-corrected chi connectivity index (χ0v) is 10.5. The summed E-state index contributed by atoms with van der Waals surface area (Å²) in [5, 5.41) is 19.4. The molecule has 2 N–H and O–H groups in total. The minimum absolute atomic E-state index is 0.269. The Balaban J connectivity index is 2.30. The van der Waals surface area contributed by atoms with Gasteiger partial charge in [0.2, 0.25) is 0 Å². The van der Waals surface area contributed by atoms with Crippen LogP contribution in [0.3, 0.4) is 0 Å². The van der Waals surface area contributed by atoms with Gasteiger partial charge < -0.3 is 14.9 Å². The van der Waals surface area contributed by atoms with Crippen molar-refractivity contribution in [2.45, 2.75) is 44.6 Å². The van der Waals surface area contributed by atoms with Gasteiger partial charge in [-0.15, -0.1) is 0 Å². The van der Waals surface area contributed by atoms with E-state index in [4.69, 9.17) is 4.74 Å². The minimum Gasteiger partial charge on any atom is -0.393 e. The van der Waals surface area contributed by atoms with Gasteiger partial charge in [-0.3, -0.25) is 4.57 Å². The number of rotatable bonds is 3. The van der Waals surface area contributed by atoms with Gasteiger partial charge in [0, 0.05) is 18.3 Å². The topological polar surface area (TPSA) is 84.6 Å². The Morgan fingerprint density at radius 3 is 2.89 bits per heavy atom. The van der Waals surface area contributed by atoms with Crippen LogP contribution >= 0.6 is 0 Å². The van der Waals surface area contributed by atoms with E-state index in [1.165, 1.54) is 4.57 Å². The first-order valence-corrected chi connectivity index (χ1v) is 6.05. The quantitative estimate of drug-likeness (QED) is 0.791. The van der Waals surface area contributed by atoms with Gasteiger partial charge in [0.05, 0.1) is 12.7 Å². The average molecular weight is 254 g/mol. The third-order valence-electron chi connectivity index (χ3n) is 3.55. The van der Waals surface area contributed by atoms with Gasteiger partial charge in [-0.05, 0) is 19.4 Å². The Kier molecular flexibility index (Phi) is 3.52. The lowest BCUT2D eigenvalue weighted by Gasteiger charge is -2.28. The summed E-state index contributed by atoms with van der Waals surface area (Å²) in [5.74, 6) is 0. The van der Waals surface area contributed by atoms with Crippen molar-refractivity contribution in [2.24, 2.45) is 0 Å². The Morgan fingerprint density at radius 2 is 2.39 bits per heavy atom. The fourth-order valence-electron chi connectivity index (χ4n) is 2.26. The molecular weight excluding hydrogens is 236 g/mol. The summed E-state index contributed by atoms with van der Waals surface area (Å²) >= 11 is 0. The van der Waals surface area contributed by atoms with Crippen LogP contribution in [0.2, 0.25) is 0 Å². The third-order valence-corrected chi connectivity index (χ3v) is 3.55. The lowest BCUT2D eigenvalue weighted by Crippen LogP contribution is -2.42. The van der Waals surface area contributed by atoms with Crippen molar-refractivity contribution in [3.05, 3.63) is 28.4 Å². The number of aliphatic hydroxyl groups is 2. The van der Waals surface area contributed by atoms with Crippen LogP contribution in [-0.2, 0) is 4.74 Å². The van der Waals surface area contributed by atoms with Crippen molar-refractivity contribution in [3.63, 3.8) is 0 Å². The molecule has 1 fully saturated rings. The Hall–Kier alpha value is -1.24. The van der Waals surface area contributed by atoms with E-state index < -0.39 is 23.6 Å². The van der Waals surface area contributed by atoms with E-state index in [2.05, 4.69) is 4.98 Å². The van der Waals surface area contributed by atoms with Gasteiger partial charge in [0.15, 0.2) is 0 Å². The number of nitrogens with zero attached hydrogens (tertiary/aromatic N) is 2. The highest BCUT2D eigenvalue weighted by Crippen LogP contribution is 2.37. The minimum atomic E-state index is -0.977. The lowest BCUT2D eigenvalue weighted by atomic mass is 9.95. The second-order valence-electron chi connectivity index (χ2n) is 4.66. The summed E-state index contributed by atoms with van der Waals surface area (Å²) < 4.78 is 7.04. The summed E-state index contributed by atoms with van der Waals surface area (Å²) in [6, 6.07) is 1.71. The van der Waals surface area contributed by atoms with E-state index in [1.54, 1.807) is 19.2 Å². The highest BCUT2D eigenvalue weighted by atomic mass is 16.6. The van der Waals surface area contributed by atoms with Crippen molar-refractivity contribution in [1.29, 1.82) is 0 Å². The predicted octanol–water partition coefficient (Wildman–Crippen LogP) is -0.0274. The maximum absolute atomic E-state index is 11.7. The normalized spacial score (nSPS) is 31.8. The zero-order valence-electron chi connectivity index (χ0n) is 10.5. The smallest absolute Gasteiger partial charge is 0.349 e. The maximum atomic E-state index is 11.7. The fraction of sp³-hybridized carbons (Fsp3) is 0.667. The monoisotopic (exact) mass is 254 g/mol. The van der Waals surface area contributed by atoms with Crippen molar-refractivity contribution in [1.82, 2.24) is 9.55 Å². The van der Waals surface area contributed by atoms with Crippen LogP contribution in [0, 0.1) is 6.92 Å². The number of aliphatic hydroxyl groups excluding tert-OH is 2. The molecule has 0 aliphatic carbocycles. The number of hydrogen-bond acceptors (Lipinski definition) is 5. The number of hydrogen-bond donors (Lipinski definition) is 2. The van der Waals surface area contributed by atoms with Crippen LogP contribution in [0.4, 0.5) is 0 Å². The van der Waals surface area contributed by atoms with E-state index in [9.17, 15) is 15.0 Å².